The van der Waals surface area contributed by atoms with E-state index in [9.17, 15) is 14.4 Å². The highest BCUT2D eigenvalue weighted by atomic mass is 32.1. The molecule has 0 aromatic carbocycles. The fraction of sp³-hybridized carbons (Fsp3) is 0.700. The van der Waals surface area contributed by atoms with Gasteiger partial charge in [0.15, 0.2) is 5.12 Å². The maximum atomic E-state index is 11.1. The molecule has 0 aliphatic heterocycles. The molecule has 0 saturated heterocycles. The lowest BCUT2D eigenvalue weighted by Crippen LogP contribution is -2.48. The molecule has 0 aromatic heterocycles. The number of hydrogen-bond acceptors (Lipinski definition) is 4. The zero-order valence-electron chi connectivity index (χ0n) is 10.4. The number of likely N-dealkylation sites (N-methyl/N-ethyl adjacent to an activating group) is 1. The molecule has 0 spiro atoms. The van der Waals surface area contributed by atoms with Crippen LogP contribution in [0.2, 0.25) is 0 Å². The van der Waals surface area contributed by atoms with Gasteiger partial charge in [0, 0.05) is 13.5 Å². The molecular weight excluding hydrogens is 242 g/mol. The zero-order valence-corrected chi connectivity index (χ0v) is 11.3. The van der Waals surface area contributed by atoms with Crippen molar-refractivity contribution in [2.75, 3.05) is 13.6 Å². The molecule has 0 rings (SSSR count). The lowest BCUT2D eigenvalue weighted by atomic mass is 10.2. The summed E-state index contributed by atoms with van der Waals surface area (Å²) in [5.41, 5.74) is 5.04. The molecule has 0 bridgehead atoms. The van der Waals surface area contributed by atoms with E-state index in [1.165, 1.54) is 13.5 Å². The summed E-state index contributed by atoms with van der Waals surface area (Å²) in [5, 5.41) is 4.15. The Morgan fingerprint density at radius 2 is 1.76 bits per heavy atom. The van der Waals surface area contributed by atoms with Gasteiger partial charge in [-0.15, -0.1) is 12.6 Å². The lowest BCUT2D eigenvalue weighted by Gasteiger charge is -2.14. The first-order valence-corrected chi connectivity index (χ1v) is 5.80. The third-order valence-corrected chi connectivity index (χ3v) is 1.64. The Morgan fingerprint density at radius 3 is 2.06 bits per heavy atom. The topological polar surface area (TPSA) is 101 Å². The monoisotopic (exact) mass is 263 g/mol. The van der Waals surface area contributed by atoms with E-state index in [0.29, 0.717) is 0 Å². The summed E-state index contributed by atoms with van der Waals surface area (Å²) in [6.45, 7) is 4.02. The van der Waals surface area contributed by atoms with Crippen LogP contribution in [0.1, 0.15) is 26.7 Å². The van der Waals surface area contributed by atoms with E-state index in [0.717, 1.165) is 0 Å². The highest BCUT2D eigenvalue weighted by Crippen LogP contribution is 1.96. The number of carbonyl (C=O) groups excluding carboxylic acids is 3. The highest BCUT2D eigenvalue weighted by Gasteiger charge is 2.20. The van der Waals surface area contributed by atoms with Crippen molar-refractivity contribution in [3.05, 3.63) is 0 Å². The van der Waals surface area contributed by atoms with E-state index in [4.69, 9.17) is 5.73 Å². The summed E-state index contributed by atoms with van der Waals surface area (Å²) in [4.78, 5) is 32.7. The third-order valence-electron chi connectivity index (χ3n) is 1.46. The molecule has 100 valence electrons. The maximum Gasteiger partial charge on any atom is 0.242 e. The molecule has 0 fully saturated rings. The van der Waals surface area contributed by atoms with Gasteiger partial charge in [-0.05, 0) is 0 Å². The van der Waals surface area contributed by atoms with Crippen LogP contribution in [0.3, 0.4) is 0 Å². The number of hydrogen-bond donors (Lipinski definition) is 4. The summed E-state index contributed by atoms with van der Waals surface area (Å²) in [7, 11) is 1.41. The maximum absolute atomic E-state index is 11.1. The van der Waals surface area contributed by atoms with Crippen molar-refractivity contribution in [2.45, 2.75) is 32.7 Å². The largest absolute Gasteiger partial charge is 0.357 e. The van der Waals surface area contributed by atoms with Crippen LogP contribution in [0.5, 0.6) is 0 Å². The Kier molecular flexibility index (Phi) is 12.3. The molecule has 7 heteroatoms. The molecule has 2 amide bonds. The molecule has 0 aliphatic carbocycles. The quantitative estimate of drug-likeness (QED) is 0.499. The van der Waals surface area contributed by atoms with Gasteiger partial charge in [-0.1, -0.05) is 20.3 Å². The van der Waals surface area contributed by atoms with Gasteiger partial charge >= 0.3 is 0 Å². The average Bonchev–Trinajstić information content (AvgIpc) is 2.27. The van der Waals surface area contributed by atoms with Crippen LogP contribution < -0.4 is 16.4 Å². The Hall–Kier alpha value is -1.08. The molecule has 0 radical (unpaired) electrons. The zero-order chi connectivity index (χ0) is 13.8. The van der Waals surface area contributed by atoms with E-state index >= 15 is 0 Å². The van der Waals surface area contributed by atoms with E-state index in [2.05, 4.69) is 37.1 Å². The van der Waals surface area contributed by atoms with Crippen molar-refractivity contribution < 1.29 is 14.4 Å². The number of nitrogens with two attached hydrogens (primary N) is 1. The van der Waals surface area contributed by atoms with Crippen LogP contribution in [0.25, 0.3) is 0 Å². The van der Waals surface area contributed by atoms with Gasteiger partial charge in [-0.3, -0.25) is 14.4 Å². The van der Waals surface area contributed by atoms with E-state index in [1.54, 1.807) is 0 Å². The lowest BCUT2D eigenvalue weighted by molar-refractivity contribution is -0.129. The second-order valence-electron chi connectivity index (χ2n) is 3.24. The Bertz CT molecular complexity index is 259. The van der Waals surface area contributed by atoms with Crippen LogP contribution in [-0.4, -0.2) is 36.6 Å². The van der Waals surface area contributed by atoms with Crippen LogP contribution in [0.15, 0.2) is 0 Å². The van der Waals surface area contributed by atoms with Gasteiger partial charge in [-0.25, -0.2) is 0 Å². The van der Waals surface area contributed by atoms with Crippen molar-refractivity contribution in [1.82, 2.24) is 10.6 Å². The average molecular weight is 263 g/mol. The molecule has 4 N–H and O–H groups in total. The molecule has 0 aliphatic rings. The first-order valence-electron chi connectivity index (χ1n) is 5.35. The van der Waals surface area contributed by atoms with Crippen molar-refractivity contribution in [2.24, 2.45) is 5.73 Å². The molecule has 6 nitrogen and oxygen atoms in total. The SMILES string of the molecule is CCC.CNC(=O)C(CC(=O)S)NC(=O)CN. The van der Waals surface area contributed by atoms with Gasteiger partial charge in [0.25, 0.3) is 0 Å². The first-order chi connectivity index (χ1) is 7.92. The Balaban J connectivity index is 0. The number of carbonyl (C=O) groups is 3. The molecule has 1 atom stereocenters. The van der Waals surface area contributed by atoms with Crippen molar-refractivity contribution in [3.8, 4) is 0 Å². The molecule has 0 saturated carbocycles. The van der Waals surface area contributed by atoms with Crippen LogP contribution in [0, 0.1) is 0 Å². The minimum atomic E-state index is -0.902. The normalized spacial score (nSPS) is 10.6. The molecule has 0 heterocycles. The third kappa shape index (κ3) is 11.2. The summed E-state index contributed by atoms with van der Waals surface area (Å²) in [5.74, 6) is -0.942. The molecule has 17 heavy (non-hydrogen) atoms. The Labute approximate surface area is 107 Å². The van der Waals surface area contributed by atoms with E-state index < -0.39 is 23.0 Å². The van der Waals surface area contributed by atoms with E-state index in [-0.39, 0.29) is 13.0 Å². The summed E-state index contributed by atoms with van der Waals surface area (Å²) in [6.07, 6.45) is 1.09. The van der Waals surface area contributed by atoms with Gasteiger partial charge in [0.2, 0.25) is 11.8 Å². The van der Waals surface area contributed by atoms with Gasteiger partial charge in [0.05, 0.1) is 6.54 Å². The highest BCUT2D eigenvalue weighted by molar-refractivity contribution is 7.96. The summed E-state index contributed by atoms with van der Waals surface area (Å²) >= 11 is 3.52. The van der Waals surface area contributed by atoms with Gasteiger partial charge < -0.3 is 16.4 Å². The van der Waals surface area contributed by atoms with Crippen molar-refractivity contribution >= 4 is 29.6 Å². The van der Waals surface area contributed by atoms with Gasteiger partial charge in [0.1, 0.15) is 6.04 Å². The van der Waals surface area contributed by atoms with Crippen LogP contribution in [0.4, 0.5) is 0 Å². The van der Waals surface area contributed by atoms with Crippen LogP contribution in [-0.2, 0) is 14.4 Å². The second kappa shape index (κ2) is 11.4. The first kappa shape index (κ1) is 18.3. The minimum absolute atomic E-state index is 0.158. The fourth-order valence-electron chi connectivity index (χ4n) is 0.811. The standard InChI is InChI=1S/C7H13N3O3S.C3H8/c1-9-7(13)4(2-6(12)14)10-5(11)3-8;1-3-2/h4H,2-3,8H2,1H3,(H,9,13)(H,10,11)(H,12,14);3H2,1-2H3. The van der Waals surface area contributed by atoms with Crippen LogP contribution >= 0.6 is 12.6 Å². The number of nitrogens with one attached hydrogen (secondary N) is 2. The smallest absolute Gasteiger partial charge is 0.242 e. The summed E-state index contributed by atoms with van der Waals surface area (Å²) < 4.78 is 0. The fourth-order valence-corrected chi connectivity index (χ4v) is 0.994. The minimum Gasteiger partial charge on any atom is -0.357 e. The number of amides is 2. The predicted octanol–water partition coefficient (Wildman–Crippen LogP) is -0.561. The van der Waals surface area contributed by atoms with Crippen molar-refractivity contribution in [3.63, 3.8) is 0 Å². The number of thiol groups is 1. The van der Waals surface area contributed by atoms with Crippen molar-refractivity contribution in [1.29, 1.82) is 0 Å². The number of rotatable bonds is 5. The van der Waals surface area contributed by atoms with Gasteiger partial charge in [-0.2, -0.15) is 0 Å². The molecule has 1 unspecified atom stereocenters. The summed E-state index contributed by atoms with van der Waals surface area (Å²) in [6, 6.07) is -0.902. The predicted molar refractivity (Wildman–Crippen MR) is 69.6 cm³/mol. The Morgan fingerprint density at radius 1 is 1.29 bits per heavy atom. The molecule has 0 aromatic rings. The molecular formula is C10H21N3O3S. The van der Waals surface area contributed by atoms with E-state index in [1.807, 2.05) is 0 Å². The second-order valence-corrected chi connectivity index (χ2v) is 3.74.